The fourth-order valence-corrected chi connectivity index (χ4v) is 4.18. The van der Waals surface area contributed by atoms with Crippen LogP contribution in [0.25, 0.3) is 0 Å². The van der Waals surface area contributed by atoms with Gasteiger partial charge in [-0.3, -0.25) is 9.69 Å². The number of anilines is 1. The van der Waals surface area contributed by atoms with Gasteiger partial charge in [0.2, 0.25) is 5.91 Å². The lowest BCUT2D eigenvalue weighted by Crippen LogP contribution is -2.52. The number of para-hydroxylation sites is 2. The summed E-state index contributed by atoms with van der Waals surface area (Å²) in [5, 5.41) is 2.89. The maximum absolute atomic E-state index is 13.3. The van der Waals surface area contributed by atoms with E-state index in [0.29, 0.717) is 39.0 Å². The number of rotatable bonds is 4. The van der Waals surface area contributed by atoms with Gasteiger partial charge in [-0.25, -0.2) is 9.18 Å². The molecule has 1 N–H and O–H groups in total. The van der Waals surface area contributed by atoms with Gasteiger partial charge in [-0.1, -0.05) is 31.2 Å². The Hall–Kier alpha value is -3.09. The molecule has 0 spiro atoms. The number of ether oxygens (including phenoxy) is 1. The number of amides is 3. The van der Waals surface area contributed by atoms with Crippen molar-refractivity contribution in [1.82, 2.24) is 10.2 Å². The second-order valence-electron chi connectivity index (χ2n) is 8.12. The molecule has 2 aliphatic heterocycles. The monoisotopic (exact) mass is 425 g/mol. The van der Waals surface area contributed by atoms with Gasteiger partial charge >= 0.3 is 6.03 Å². The minimum atomic E-state index is -0.312. The van der Waals surface area contributed by atoms with Gasteiger partial charge in [0.05, 0.1) is 12.2 Å². The van der Waals surface area contributed by atoms with Gasteiger partial charge < -0.3 is 15.0 Å². The van der Waals surface area contributed by atoms with Gasteiger partial charge in [0.1, 0.15) is 17.7 Å². The number of hydrogen-bond acceptors (Lipinski definition) is 3. The molecule has 7 heteroatoms. The van der Waals surface area contributed by atoms with Gasteiger partial charge in [-0.05, 0) is 49.1 Å². The molecule has 31 heavy (non-hydrogen) atoms. The molecule has 2 heterocycles. The van der Waals surface area contributed by atoms with Crippen molar-refractivity contribution in [3.8, 4) is 5.75 Å². The molecule has 2 aromatic carbocycles. The number of carbonyl (C=O) groups excluding carboxylic acids is 2. The summed E-state index contributed by atoms with van der Waals surface area (Å²) >= 11 is 0. The highest BCUT2D eigenvalue weighted by Crippen LogP contribution is 2.35. The Morgan fingerprint density at radius 3 is 2.65 bits per heavy atom. The van der Waals surface area contributed by atoms with E-state index in [9.17, 15) is 14.0 Å². The van der Waals surface area contributed by atoms with Gasteiger partial charge in [0.25, 0.3) is 0 Å². The van der Waals surface area contributed by atoms with E-state index in [0.717, 1.165) is 23.4 Å². The molecule has 1 saturated heterocycles. The van der Waals surface area contributed by atoms with Crippen LogP contribution < -0.4 is 15.0 Å². The predicted octanol–water partition coefficient (Wildman–Crippen LogP) is 3.95. The van der Waals surface area contributed by atoms with E-state index >= 15 is 0 Å². The molecule has 1 atom stereocenters. The zero-order valence-corrected chi connectivity index (χ0v) is 17.7. The fourth-order valence-electron chi connectivity index (χ4n) is 4.18. The Kier molecular flexibility index (Phi) is 6.39. The number of piperidine rings is 1. The van der Waals surface area contributed by atoms with Crippen LogP contribution in [-0.2, 0) is 11.3 Å². The van der Waals surface area contributed by atoms with Crippen molar-refractivity contribution < 1.29 is 18.7 Å². The number of hydrogen-bond donors (Lipinski definition) is 1. The zero-order valence-electron chi connectivity index (χ0n) is 17.7. The molecule has 2 aliphatic rings. The van der Waals surface area contributed by atoms with Crippen LogP contribution in [0.5, 0.6) is 5.75 Å². The number of halogens is 1. The third-order valence-corrected chi connectivity index (χ3v) is 6.01. The van der Waals surface area contributed by atoms with Gasteiger partial charge in [0.15, 0.2) is 0 Å². The summed E-state index contributed by atoms with van der Waals surface area (Å²) in [6.45, 7) is 3.95. The smallest absolute Gasteiger partial charge is 0.324 e. The van der Waals surface area contributed by atoms with E-state index in [-0.39, 0.29) is 29.8 Å². The van der Waals surface area contributed by atoms with Crippen LogP contribution in [0.2, 0.25) is 0 Å². The largest absolute Gasteiger partial charge is 0.486 e. The highest BCUT2D eigenvalue weighted by molar-refractivity contribution is 5.94. The topological polar surface area (TPSA) is 61.9 Å². The molecular formula is C24H28FN3O3. The first kappa shape index (κ1) is 21.2. The summed E-state index contributed by atoms with van der Waals surface area (Å²) in [6, 6.07) is 13.8. The summed E-state index contributed by atoms with van der Waals surface area (Å²) in [5.41, 5.74) is 1.53. The van der Waals surface area contributed by atoms with E-state index in [1.165, 1.54) is 12.1 Å². The van der Waals surface area contributed by atoms with Crippen molar-refractivity contribution in [2.24, 2.45) is 5.92 Å². The number of benzene rings is 2. The van der Waals surface area contributed by atoms with Crippen LogP contribution in [0.4, 0.5) is 14.9 Å². The molecule has 0 radical (unpaired) electrons. The molecule has 0 bridgehead atoms. The summed E-state index contributed by atoms with van der Waals surface area (Å²) < 4.78 is 19.3. The minimum absolute atomic E-state index is 0.0232. The van der Waals surface area contributed by atoms with Crippen LogP contribution in [0.1, 0.15) is 31.7 Å². The van der Waals surface area contributed by atoms with Crippen LogP contribution in [0, 0.1) is 11.7 Å². The first-order valence-corrected chi connectivity index (χ1v) is 10.9. The maximum atomic E-state index is 13.3. The first-order valence-electron chi connectivity index (χ1n) is 10.9. The first-order chi connectivity index (χ1) is 15.0. The normalized spacial score (nSPS) is 18.8. The number of nitrogens with zero attached hydrogens (tertiary/aromatic N) is 2. The van der Waals surface area contributed by atoms with E-state index in [2.05, 4.69) is 12.2 Å². The highest BCUT2D eigenvalue weighted by atomic mass is 19.1. The number of nitrogens with one attached hydrogen (secondary N) is 1. The fraction of sp³-hybridized carbons (Fsp3) is 0.417. The zero-order chi connectivity index (χ0) is 21.8. The van der Waals surface area contributed by atoms with E-state index in [4.69, 9.17) is 4.74 Å². The van der Waals surface area contributed by atoms with Gasteiger partial charge in [0, 0.05) is 25.6 Å². The Morgan fingerprint density at radius 2 is 1.90 bits per heavy atom. The quantitative estimate of drug-likeness (QED) is 0.807. The molecule has 6 nitrogen and oxygen atoms in total. The molecule has 0 saturated carbocycles. The van der Waals surface area contributed by atoms with E-state index in [1.54, 1.807) is 17.0 Å². The highest BCUT2D eigenvalue weighted by Gasteiger charge is 2.34. The average molecular weight is 426 g/mol. The lowest BCUT2D eigenvalue weighted by molar-refractivity contribution is -0.126. The minimum Gasteiger partial charge on any atom is -0.486 e. The lowest BCUT2D eigenvalue weighted by Gasteiger charge is -2.39. The number of carbonyl (C=O) groups is 2. The van der Waals surface area contributed by atoms with Crippen LogP contribution in [0.15, 0.2) is 48.5 Å². The molecule has 2 aromatic rings. The maximum Gasteiger partial charge on any atom is 0.324 e. The Morgan fingerprint density at radius 1 is 1.13 bits per heavy atom. The van der Waals surface area contributed by atoms with E-state index in [1.807, 2.05) is 29.2 Å². The molecule has 0 aromatic heterocycles. The van der Waals surface area contributed by atoms with E-state index < -0.39 is 0 Å². The van der Waals surface area contributed by atoms with Crippen molar-refractivity contribution in [1.29, 1.82) is 0 Å². The molecule has 164 valence electrons. The SMILES string of the molecule is CC[C@@H]1CN(C(=O)N2CCC(C(=O)NCc3cccc(F)c3)CC2)c2ccccc2O1. The summed E-state index contributed by atoms with van der Waals surface area (Å²) in [6.07, 6.45) is 2.03. The molecule has 4 rings (SSSR count). The van der Waals surface area contributed by atoms with Crippen LogP contribution >= 0.6 is 0 Å². The molecule has 1 fully saturated rings. The molecule has 3 amide bonds. The van der Waals surface area contributed by atoms with Gasteiger partial charge in [-0.2, -0.15) is 0 Å². The van der Waals surface area contributed by atoms with Crippen molar-refractivity contribution in [3.05, 3.63) is 59.9 Å². The van der Waals surface area contributed by atoms with Crippen LogP contribution in [0.3, 0.4) is 0 Å². The van der Waals surface area contributed by atoms with Crippen LogP contribution in [-0.4, -0.2) is 42.6 Å². The van der Waals surface area contributed by atoms with Gasteiger partial charge in [-0.15, -0.1) is 0 Å². The van der Waals surface area contributed by atoms with Crippen molar-refractivity contribution in [2.45, 2.75) is 38.8 Å². The second-order valence-corrected chi connectivity index (χ2v) is 8.12. The number of urea groups is 1. The molecular weight excluding hydrogens is 397 g/mol. The summed E-state index contributed by atoms with van der Waals surface area (Å²) in [7, 11) is 0. The summed E-state index contributed by atoms with van der Waals surface area (Å²) in [4.78, 5) is 29.4. The Balaban J connectivity index is 1.33. The number of fused-ring (bicyclic) bond motifs is 1. The third-order valence-electron chi connectivity index (χ3n) is 6.01. The average Bonchev–Trinajstić information content (AvgIpc) is 2.81. The predicted molar refractivity (Wildman–Crippen MR) is 116 cm³/mol. The van der Waals surface area contributed by atoms with Crippen molar-refractivity contribution in [2.75, 3.05) is 24.5 Å². The molecule has 0 aliphatic carbocycles. The second kappa shape index (κ2) is 9.37. The lowest BCUT2D eigenvalue weighted by atomic mass is 9.96. The Bertz CT molecular complexity index is 943. The summed E-state index contributed by atoms with van der Waals surface area (Å²) in [5.74, 6) is 0.242. The molecule has 0 unspecified atom stereocenters. The third kappa shape index (κ3) is 4.81. The Labute approximate surface area is 182 Å². The van der Waals surface area contributed by atoms with Crippen molar-refractivity contribution in [3.63, 3.8) is 0 Å². The number of likely N-dealkylation sites (tertiary alicyclic amines) is 1. The van der Waals surface area contributed by atoms with Crippen molar-refractivity contribution >= 4 is 17.6 Å². The standard InChI is InChI=1S/C24H28FN3O3/c1-2-20-16-28(21-8-3-4-9-22(21)31-20)24(30)27-12-10-18(11-13-27)23(29)26-15-17-6-5-7-19(25)14-17/h3-9,14,18,20H,2,10-13,15-16H2,1H3,(H,26,29)/t20-/m1/s1.